The van der Waals surface area contributed by atoms with Crippen LogP contribution >= 0.6 is 0 Å². The highest BCUT2D eigenvalue weighted by Crippen LogP contribution is 2.45. The first-order valence-electron chi connectivity index (χ1n) is 12.7. The summed E-state index contributed by atoms with van der Waals surface area (Å²) in [6, 6.07) is 15.1. The second-order valence-corrected chi connectivity index (χ2v) is 10.6. The Morgan fingerprint density at radius 3 is 2.50 bits per heavy atom. The number of amides is 1. The molecular weight excluding hydrogens is 456 g/mol. The minimum atomic E-state index is -0.524. The van der Waals surface area contributed by atoms with Crippen LogP contribution < -0.4 is 10.3 Å². The Balaban J connectivity index is 1.51. The van der Waals surface area contributed by atoms with Gasteiger partial charge in [-0.05, 0) is 64.8 Å². The van der Waals surface area contributed by atoms with Crippen LogP contribution in [0.5, 0.6) is 5.75 Å². The Hall–Kier alpha value is -3.39. The van der Waals surface area contributed by atoms with Crippen molar-refractivity contribution in [2.75, 3.05) is 26.2 Å². The topological polar surface area (TPSA) is 76.9 Å². The Bertz CT molecular complexity index is 1340. The number of hydrogen-bond acceptors (Lipinski definition) is 6. The van der Waals surface area contributed by atoms with Crippen molar-refractivity contribution in [3.63, 3.8) is 0 Å². The number of benzene rings is 2. The molecule has 2 heterocycles. The Morgan fingerprint density at radius 1 is 1.06 bits per heavy atom. The maximum absolute atomic E-state index is 13.8. The second kappa shape index (κ2) is 9.24. The highest BCUT2D eigenvalue weighted by Gasteiger charge is 2.52. The fraction of sp³-hybridized carbons (Fsp3) is 0.464. The van der Waals surface area contributed by atoms with Crippen molar-refractivity contribution in [2.24, 2.45) is 0 Å². The largest absolute Gasteiger partial charge is 0.492 e. The van der Waals surface area contributed by atoms with Gasteiger partial charge in [0.2, 0.25) is 0 Å². The van der Waals surface area contributed by atoms with Crippen LogP contribution in [0.1, 0.15) is 46.4 Å². The van der Waals surface area contributed by atoms with Crippen LogP contribution in [0.3, 0.4) is 0 Å². The number of fused-ring (bicyclic) bond motifs is 1. The fourth-order valence-electron chi connectivity index (χ4n) is 4.98. The third-order valence-electron chi connectivity index (χ3n) is 6.86. The van der Waals surface area contributed by atoms with Crippen molar-refractivity contribution in [1.82, 2.24) is 19.4 Å². The van der Waals surface area contributed by atoms with E-state index in [9.17, 15) is 9.59 Å². The summed E-state index contributed by atoms with van der Waals surface area (Å²) in [5, 5.41) is 0.573. The zero-order valence-electron chi connectivity index (χ0n) is 21.5. The molecule has 2 fully saturated rings. The van der Waals surface area contributed by atoms with Gasteiger partial charge >= 0.3 is 6.09 Å². The van der Waals surface area contributed by atoms with Crippen molar-refractivity contribution < 1.29 is 14.3 Å². The van der Waals surface area contributed by atoms with Crippen LogP contribution in [0.4, 0.5) is 4.79 Å². The SMILES string of the molecule is CCOc1ccccc1-n1c(CN2CCN(C(=O)OC(C)(C)C)CC23CC3)nc2ccccc2c1=O. The molecule has 1 aliphatic carbocycles. The molecule has 190 valence electrons. The van der Waals surface area contributed by atoms with Crippen LogP contribution in [0.15, 0.2) is 53.3 Å². The summed E-state index contributed by atoms with van der Waals surface area (Å²) >= 11 is 0. The summed E-state index contributed by atoms with van der Waals surface area (Å²) in [4.78, 5) is 35.7. The number of piperazine rings is 1. The van der Waals surface area contributed by atoms with Crippen molar-refractivity contribution in [3.05, 3.63) is 64.7 Å². The first kappa shape index (κ1) is 24.3. The number of para-hydroxylation sites is 3. The molecular formula is C28H34N4O4. The van der Waals surface area contributed by atoms with Crippen LogP contribution in [0.25, 0.3) is 16.6 Å². The summed E-state index contributed by atoms with van der Waals surface area (Å²) in [5.74, 6) is 1.32. The van der Waals surface area contributed by atoms with Gasteiger partial charge in [-0.25, -0.2) is 9.78 Å². The molecule has 0 unspecified atom stereocenters. The number of nitrogens with zero attached hydrogens (tertiary/aromatic N) is 4. The van der Waals surface area contributed by atoms with Gasteiger partial charge in [0.1, 0.15) is 17.2 Å². The van der Waals surface area contributed by atoms with E-state index in [4.69, 9.17) is 14.5 Å². The van der Waals surface area contributed by atoms with Crippen molar-refractivity contribution in [1.29, 1.82) is 0 Å². The first-order valence-corrected chi connectivity index (χ1v) is 12.7. The summed E-state index contributed by atoms with van der Waals surface area (Å²) < 4.78 is 13.2. The minimum absolute atomic E-state index is 0.108. The van der Waals surface area contributed by atoms with Gasteiger partial charge in [0.05, 0.1) is 29.7 Å². The third kappa shape index (κ3) is 4.69. The average Bonchev–Trinajstić information content (AvgIpc) is 3.60. The molecule has 1 saturated carbocycles. The number of ether oxygens (including phenoxy) is 2. The quantitative estimate of drug-likeness (QED) is 0.529. The van der Waals surface area contributed by atoms with Crippen molar-refractivity contribution >= 4 is 17.0 Å². The molecule has 0 atom stereocenters. The molecule has 2 aromatic carbocycles. The predicted molar refractivity (Wildman–Crippen MR) is 139 cm³/mol. The molecule has 1 amide bonds. The number of carbonyl (C=O) groups excluding carboxylic acids is 1. The summed E-state index contributed by atoms with van der Waals surface area (Å²) in [5.41, 5.74) is 0.627. The van der Waals surface area contributed by atoms with Gasteiger partial charge in [-0.2, -0.15) is 0 Å². The number of carbonyl (C=O) groups is 1. The molecule has 1 spiro atoms. The van der Waals surface area contributed by atoms with Gasteiger partial charge in [0, 0.05) is 25.2 Å². The van der Waals surface area contributed by atoms with E-state index in [-0.39, 0.29) is 17.2 Å². The van der Waals surface area contributed by atoms with Gasteiger partial charge in [0.15, 0.2) is 0 Å². The lowest BCUT2D eigenvalue weighted by Gasteiger charge is -2.42. The molecule has 1 aliphatic heterocycles. The van der Waals surface area contributed by atoms with Gasteiger partial charge < -0.3 is 14.4 Å². The van der Waals surface area contributed by atoms with Crippen LogP contribution in [0, 0.1) is 0 Å². The summed E-state index contributed by atoms with van der Waals surface area (Å²) in [6.07, 6.45) is 1.74. The van der Waals surface area contributed by atoms with Gasteiger partial charge in [0.25, 0.3) is 5.56 Å². The molecule has 3 aromatic rings. The normalized spacial score (nSPS) is 17.4. The van der Waals surface area contributed by atoms with E-state index in [1.54, 1.807) is 4.57 Å². The van der Waals surface area contributed by atoms with Crippen LogP contribution in [-0.2, 0) is 11.3 Å². The standard InChI is InChI=1S/C28H34N4O4/c1-5-35-23-13-9-8-12-22(23)32-24(29-21-11-7-6-10-20(21)25(32)33)18-31-17-16-30(19-28(31)14-15-28)26(34)36-27(2,3)4/h6-13H,5,14-19H2,1-4H3. The molecule has 1 saturated heterocycles. The minimum Gasteiger partial charge on any atom is -0.492 e. The highest BCUT2D eigenvalue weighted by atomic mass is 16.6. The Kier molecular flexibility index (Phi) is 6.24. The maximum atomic E-state index is 13.8. The van der Waals surface area contributed by atoms with E-state index < -0.39 is 5.60 Å². The second-order valence-electron chi connectivity index (χ2n) is 10.6. The molecule has 0 N–H and O–H groups in total. The molecule has 0 radical (unpaired) electrons. The number of hydrogen-bond donors (Lipinski definition) is 0. The van der Waals surface area contributed by atoms with Crippen molar-refractivity contribution in [3.8, 4) is 11.4 Å². The molecule has 36 heavy (non-hydrogen) atoms. The lowest BCUT2D eigenvalue weighted by molar-refractivity contribution is -0.00299. The van der Waals surface area contributed by atoms with Gasteiger partial charge in [-0.3, -0.25) is 14.3 Å². The van der Waals surface area contributed by atoms with E-state index in [0.717, 1.165) is 12.8 Å². The lowest BCUT2D eigenvalue weighted by Crippen LogP contribution is -2.57. The molecule has 8 nitrogen and oxygen atoms in total. The van der Waals surface area contributed by atoms with Gasteiger partial charge in [-0.1, -0.05) is 24.3 Å². The smallest absolute Gasteiger partial charge is 0.410 e. The van der Waals surface area contributed by atoms with Crippen molar-refractivity contribution in [2.45, 2.75) is 58.2 Å². The van der Waals surface area contributed by atoms with E-state index in [1.807, 2.05) is 81.1 Å². The highest BCUT2D eigenvalue weighted by molar-refractivity contribution is 5.78. The number of rotatable bonds is 5. The summed E-state index contributed by atoms with van der Waals surface area (Å²) in [6.45, 7) is 10.5. The monoisotopic (exact) mass is 490 g/mol. The zero-order valence-corrected chi connectivity index (χ0v) is 21.5. The molecule has 2 aliphatic rings. The molecule has 8 heteroatoms. The molecule has 0 bridgehead atoms. The first-order chi connectivity index (χ1) is 17.2. The molecule has 5 rings (SSSR count). The predicted octanol–water partition coefficient (Wildman–Crippen LogP) is 4.37. The summed E-state index contributed by atoms with van der Waals surface area (Å²) in [7, 11) is 0. The fourth-order valence-corrected chi connectivity index (χ4v) is 4.98. The molecule has 1 aromatic heterocycles. The maximum Gasteiger partial charge on any atom is 0.410 e. The lowest BCUT2D eigenvalue weighted by atomic mass is 10.1. The third-order valence-corrected chi connectivity index (χ3v) is 6.86. The zero-order chi connectivity index (χ0) is 25.5. The Morgan fingerprint density at radius 2 is 1.78 bits per heavy atom. The average molecular weight is 491 g/mol. The van der Waals surface area contributed by atoms with E-state index >= 15 is 0 Å². The van der Waals surface area contributed by atoms with E-state index in [1.165, 1.54) is 0 Å². The van der Waals surface area contributed by atoms with E-state index in [2.05, 4.69) is 4.90 Å². The van der Waals surface area contributed by atoms with Crippen LogP contribution in [-0.4, -0.2) is 62.8 Å². The van der Waals surface area contributed by atoms with Gasteiger partial charge in [-0.15, -0.1) is 0 Å². The van der Waals surface area contributed by atoms with Crippen LogP contribution in [0.2, 0.25) is 0 Å². The Labute approximate surface area is 211 Å². The number of aromatic nitrogens is 2. The van der Waals surface area contributed by atoms with E-state index in [0.29, 0.717) is 61.0 Å².